The van der Waals surface area contributed by atoms with Crippen molar-refractivity contribution in [3.63, 3.8) is 0 Å². The van der Waals surface area contributed by atoms with E-state index in [0.717, 1.165) is 36.8 Å². The minimum atomic E-state index is -0.130. The molecule has 0 atom stereocenters. The van der Waals surface area contributed by atoms with Crippen LogP contribution in [0.15, 0.2) is 59.1 Å². The molecule has 1 aliphatic heterocycles. The molecule has 0 bridgehead atoms. The summed E-state index contributed by atoms with van der Waals surface area (Å²) >= 11 is 0. The molecule has 3 aromatic rings. The van der Waals surface area contributed by atoms with Crippen molar-refractivity contribution in [1.82, 2.24) is 29.3 Å². The van der Waals surface area contributed by atoms with Gasteiger partial charge in [-0.2, -0.15) is 4.99 Å². The molecule has 4 rings (SSSR count). The summed E-state index contributed by atoms with van der Waals surface area (Å²) in [6, 6.07) is 2.10. The van der Waals surface area contributed by atoms with Crippen LogP contribution >= 0.6 is 0 Å². The Morgan fingerprint density at radius 2 is 2.13 bits per heavy atom. The second-order valence-corrected chi connectivity index (χ2v) is 9.48. The number of carbonyl (C=O) groups is 1. The van der Waals surface area contributed by atoms with E-state index >= 15 is 0 Å². The lowest BCUT2D eigenvalue weighted by Crippen LogP contribution is -2.40. The molecule has 0 radical (unpaired) electrons. The Morgan fingerprint density at radius 3 is 2.76 bits per heavy atom. The number of nitrogens with one attached hydrogen (secondary N) is 2. The number of allylic oxidation sites excluding steroid dienone is 1. The largest absolute Gasteiger partial charge is 0.381 e. The Morgan fingerprint density at radius 1 is 1.34 bits per heavy atom. The van der Waals surface area contributed by atoms with Gasteiger partial charge in [0.05, 0.1) is 23.5 Å². The monoisotopic (exact) mass is 519 g/mol. The van der Waals surface area contributed by atoms with E-state index < -0.39 is 0 Å². The number of amides is 1. The number of aromatic nitrogens is 4. The zero-order valence-electron chi connectivity index (χ0n) is 22.6. The fraction of sp³-hybridized carbons (Fsp3) is 0.444. The molecule has 11 nitrogen and oxygen atoms in total. The molecular weight excluding hydrogens is 482 g/mol. The van der Waals surface area contributed by atoms with Crippen LogP contribution in [-0.2, 0) is 11.3 Å². The number of anilines is 1. The van der Waals surface area contributed by atoms with Gasteiger partial charge in [-0.05, 0) is 46.4 Å². The number of pyridine rings is 1. The van der Waals surface area contributed by atoms with Crippen molar-refractivity contribution in [1.29, 1.82) is 0 Å². The first-order chi connectivity index (χ1) is 18.4. The van der Waals surface area contributed by atoms with Gasteiger partial charge in [-0.3, -0.25) is 4.79 Å². The van der Waals surface area contributed by atoms with Crippen LogP contribution in [0, 0.1) is 0 Å². The Labute approximate surface area is 223 Å². The SMILES string of the molecule is C=NC(=N/C(=C\C)Nc1cc2c(cn1)c(C(=O)NCCn1ccnc1)cn2C(C)C)N1CCC(OC)CC1. The van der Waals surface area contributed by atoms with Crippen molar-refractivity contribution < 1.29 is 9.53 Å². The van der Waals surface area contributed by atoms with Crippen LogP contribution in [-0.4, -0.2) is 75.4 Å². The molecule has 38 heavy (non-hydrogen) atoms. The fourth-order valence-corrected chi connectivity index (χ4v) is 4.53. The molecule has 11 heteroatoms. The number of guanidine groups is 1. The molecule has 0 aliphatic carbocycles. The van der Waals surface area contributed by atoms with Gasteiger partial charge in [-0.1, -0.05) is 0 Å². The molecule has 1 aliphatic rings. The van der Waals surface area contributed by atoms with Crippen LogP contribution in [0.5, 0.6) is 0 Å². The van der Waals surface area contributed by atoms with Gasteiger partial charge in [0, 0.05) is 75.6 Å². The molecule has 0 unspecified atom stereocenters. The highest BCUT2D eigenvalue weighted by atomic mass is 16.5. The van der Waals surface area contributed by atoms with Gasteiger partial charge >= 0.3 is 0 Å². The number of carbonyl (C=O) groups excluding carboxylic acids is 1. The van der Waals surface area contributed by atoms with Crippen LogP contribution in [0.3, 0.4) is 0 Å². The van der Waals surface area contributed by atoms with E-state index in [1.165, 1.54) is 0 Å². The molecule has 0 saturated carbocycles. The van der Waals surface area contributed by atoms with Crippen LogP contribution in [0.4, 0.5) is 5.82 Å². The van der Waals surface area contributed by atoms with Gasteiger partial charge in [0.2, 0.25) is 5.96 Å². The maximum atomic E-state index is 13.0. The minimum absolute atomic E-state index is 0.130. The van der Waals surface area contributed by atoms with Crippen molar-refractivity contribution in [2.75, 3.05) is 32.1 Å². The minimum Gasteiger partial charge on any atom is -0.381 e. The third-order valence-electron chi connectivity index (χ3n) is 6.68. The van der Waals surface area contributed by atoms with Gasteiger partial charge < -0.3 is 29.4 Å². The van der Waals surface area contributed by atoms with Crippen molar-refractivity contribution in [3.05, 3.63) is 54.6 Å². The van der Waals surface area contributed by atoms with E-state index in [0.29, 0.717) is 36.3 Å². The van der Waals surface area contributed by atoms with Crippen molar-refractivity contribution in [3.8, 4) is 0 Å². The van der Waals surface area contributed by atoms with Crippen molar-refractivity contribution >= 4 is 35.3 Å². The van der Waals surface area contributed by atoms with Gasteiger partial charge in [-0.25, -0.2) is 15.0 Å². The number of rotatable bonds is 9. The summed E-state index contributed by atoms with van der Waals surface area (Å²) in [6.07, 6.45) is 12.9. The van der Waals surface area contributed by atoms with Gasteiger partial charge in [-0.15, -0.1) is 0 Å². The smallest absolute Gasteiger partial charge is 0.253 e. The third kappa shape index (κ3) is 6.28. The summed E-state index contributed by atoms with van der Waals surface area (Å²) in [4.78, 5) is 32.7. The predicted molar refractivity (Wildman–Crippen MR) is 151 cm³/mol. The van der Waals surface area contributed by atoms with E-state index in [1.807, 2.05) is 36.0 Å². The van der Waals surface area contributed by atoms with E-state index in [9.17, 15) is 4.79 Å². The number of ether oxygens (including phenoxy) is 1. The van der Waals surface area contributed by atoms with Crippen LogP contribution < -0.4 is 10.6 Å². The van der Waals surface area contributed by atoms with E-state index in [4.69, 9.17) is 9.73 Å². The third-order valence-corrected chi connectivity index (χ3v) is 6.68. The first-order valence-electron chi connectivity index (χ1n) is 12.9. The normalized spacial score (nSPS) is 15.3. The number of nitrogens with zero attached hydrogens (tertiary/aromatic N) is 7. The van der Waals surface area contributed by atoms with Crippen LogP contribution in [0.25, 0.3) is 10.9 Å². The standard InChI is InChI=1S/C27H37N9O2/c1-6-24(33-27(28-4)35-11-7-20(38-5)8-12-35)32-25-15-23-21(16-31-25)22(17-36(23)19(2)3)26(37)30-10-14-34-13-9-29-18-34/h6,9,13,15-20H,4,7-8,10-12,14H2,1-3,5H3,(H,30,37)(H,31,32)/b24-6-,33-27?. The number of likely N-dealkylation sites (tertiary alicyclic amines) is 1. The van der Waals surface area contributed by atoms with Crippen molar-refractivity contribution in [2.24, 2.45) is 9.98 Å². The maximum absolute atomic E-state index is 13.0. The molecular formula is C27H37N9O2. The molecule has 202 valence electrons. The van der Waals surface area contributed by atoms with Crippen LogP contribution in [0.1, 0.15) is 50.0 Å². The number of imidazole rings is 1. The average molecular weight is 520 g/mol. The maximum Gasteiger partial charge on any atom is 0.253 e. The molecule has 2 N–H and O–H groups in total. The molecule has 1 amide bonds. The Kier molecular flexibility index (Phi) is 8.90. The first-order valence-corrected chi connectivity index (χ1v) is 12.9. The Bertz CT molecular complexity index is 1300. The lowest BCUT2D eigenvalue weighted by Gasteiger charge is -2.31. The molecule has 0 aromatic carbocycles. The number of hydrogen-bond acceptors (Lipinski definition) is 6. The zero-order valence-corrected chi connectivity index (χ0v) is 22.6. The Balaban J connectivity index is 1.51. The summed E-state index contributed by atoms with van der Waals surface area (Å²) in [5.41, 5.74) is 1.51. The highest BCUT2D eigenvalue weighted by Gasteiger charge is 2.21. The second-order valence-electron chi connectivity index (χ2n) is 9.48. The predicted octanol–water partition coefficient (Wildman–Crippen LogP) is 3.68. The van der Waals surface area contributed by atoms with Crippen LogP contribution in [0.2, 0.25) is 0 Å². The zero-order chi connectivity index (χ0) is 27.1. The lowest BCUT2D eigenvalue weighted by molar-refractivity contribution is 0.0576. The molecule has 0 spiro atoms. The van der Waals surface area contributed by atoms with E-state index in [2.05, 4.69) is 55.6 Å². The van der Waals surface area contributed by atoms with Crippen molar-refractivity contribution in [2.45, 2.75) is 52.3 Å². The molecule has 1 saturated heterocycles. The molecule has 4 heterocycles. The highest BCUT2D eigenvalue weighted by Crippen LogP contribution is 2.27. The summed E-state index contributed by atoms with van der Waals surface area (Å²) < 4.78 is 9.48. The van der Waals surface area contributed by atoms with Gasteiger partial charge in [0.1, 0.15) is 11.6 Å². The van der Waals surface area contributed by atoms with E-state index in [1.54, 1.807) is 25.8 Å². The fourth-order valence-electron chi connectivity index (χ4n) is 4.53. The Hall–Kier alpha value is -3.99. The summed E-state index contributed by atoms with van der Waals surface area (Å²) in [5, 5.41) is 7.10. The number of piperidine rings is 1. The quantitative estimate of drug-likeness (QED) is 0.329. The lowest BCUT2D eigenvalue weighted by atomic mass is 10.1. The summed E-state index contributed by atoms with van der Waals surface area (Å²) in [7, 11) is 1.75. The first kappa shape index (κ1) is 27.1. The summed E-state index contributed by atoms with van der Waals surface area (Å²) in [5.74, 6) is 1.69. The average Bonchev–Trinajstić information content (AvgIpc) is 3.59. The van der Waals surface area contributed by atoms with Gasteiger partial charge in [0.15, 0.2) is 0 Å². The number of fused-ring (bicyclic) bond motifs is 1. The number of methoxy groups -OCH3 is 1. The summed E-state index contributed by atoms with van der Waals surface area (Å²) in [6.45, 7) is 12.6. The highest BCUT2D eigenvalue weighted by molar-refractivity contribution is 6.07. The molecule has 3 aromatic heterocycles. The number of aliphatic imine (C=N–C) groups is 2. The second kappa shape index (κ2) is 12.5. The van der Waals surface area contributed by atoms with Gasteiger partial charge in [0.25, 0.3) is 5.91 Å². The van der Waals surface area contributed by atoms with E-state index in [-0.39, 0.29) is 18.1 Å². The number of hydrogen-bond donors (Lipinski definition) is 2. The molecule has 1 fully saturated rings. The topological polar surface area (TPSA) is 114 Å².